The fourth-order valence-electron chi connectivity index (χ4n) is 4.12. The Balaban J connectivity index is 1.34. The van der Waals surface area contributed by atoms with Crippen molar-refractivity contribution in [1.82, 2.24) is 20.5 Å². The molecule has 0 aliphatic carbocycles. The predicted octanol–water partition coefficient (Wildman–Crippen LogP) is 3.56. The van der Waals surface area contributed by atoms with Crippen molar-refractivity contribution in [2.45, 2.75) is 38.5 Å². The lowest BCUT2D eigenvalue weighted by molar-refractivity contribution is 0.258. The van der Waals surface area contributed by atoms with E-state index >= 15 is 0 Å². The third-order valence-corrected chi connectivity index (χ3v) is 5.66. The lowest BCUT2D eigenvalue weighted by Crippen LogP contribution is -2.44. The van der Waals surface area contributed by atoms with Gasteiger partial charge in [-0.2, -0.15) is 0 Å². The lowest BCUT2D eigenvalue weighted by Gasteiger charge is -2.21. The molecule has 1 fully saturated rings. The number of benzene rings is 2. The van der Waals surface area contributed by atoms with Crippen molar-refractivity contribution in [3.63, 3.8) is 0 Å². The van der Waals surface area contributed by atoms with Gasteiger partial charge in [0.1, 0.15) is 0 Å². The average Bonchev–Trinajstić information content (AvgIpc) is 3.10. The summed E-state index contributed by atoms with van der Waals surface area (Å²) < 4.78 is 0. The Morgan fingerprint density at radius 1 is 1.10 bits per heavy atom. The summed E-state index contributed by atoms with van der Waals surface area (Å²) in [5, 5.41) is 8.23. The Hall–Kier alpha value is -2.92. The molecule has 2 heterocycles. The molecule has 29 heavy (non-hydrogen) atoms. The van der Waals surface area contributed by atoms with E-state index in [2.05, 4.69) is 87.0 Å². The number of aliphatic imine (C=N–C) groups is 1. The molecule has 2 N–H and O–H groups in total. The van der Waals surface area contributed by atoms with E-state index in [1.807, 2.05) is 19.3 Å². The second-order valence-electron chi connectivity index (χ2n) is 7.76. The highest BCUT2D eigenvalue weighted by Crippen LogP contribution is 2.20. The van der Waals surface area contributed by atoms with E-state index in [0.717, 1.165) is 36.4 Å². The molecule has 0 saturated carbocycles. The van der Waals surface area contributed by atoms with Crippen LogP contribution >= 0.6 is 0 Å². The topological polar surface area (TPSA) is 52.6 Å². The molecular formula is C24H29N5. The minimum Gasteiger partial charge on any atom is -0.352 e. The van der Waals surface area contributed by atoms with Crippen LogP contribution in [-0.4, -0.2) is 41.5 Å². The van der Waals surface area contributed by atoms with Gasteiger partial charge in [0.25, 0.3) is 0 Å². The molecule has 2 unspecified atom stereocenters. The van der Waals surface area contributed by atoms with Crippen LogP contribution in [0.25, 0.3) is 10.9 Å². The second kappa shape index (κ2) is 9.05. The number of likely N-dealkylation sites (tertiary alicyclic amines) is 1. The normalized spacial score (nSPS) is 20.1. The number of para-hydroxylation sites is 1. The third-order valence-electron chi connectivity index (χ3n) is 5.66. The first-order valence-electron chi connectivity index (χ1n) is 10.3. The van der Waals surface area contributed by atoms with Gasteiger partial charge in [0.2, 0.25) is 0 Å². The molecule has 1 saturated heterocycles. The van der Waals surface area contributed by atoms with Crippen LogP contribution in [0.1, 0.15) is 24.5 Å². The highest BCUT2D eigenvalue weighted by molar-refractivity contribution is 5.83. The molecule has 4 rings (SSSR count). The van der Waals surface area contributed by atoms with Crippen LogP contribution < -0.4 is 10.6 Å². The van der Waals surface area contributed by atoms with Crippen molar-refractivity contribution in [1.29, 1.82) is 0 Å². The summed E-state index contributed by atoms with van der Waals surface area (Å²) >= 11 is 0. The number of hydrogen-bond donors (Lipinski definition) is 2. The minimum atomic E-state index is 0.394. The molecule has 0 bridgehead atoms. The monoisotopic (exact) mass is 387 g/mol. The molecule has 2 aromatic carbocycles. The van der Waals surface area contributed by atoms with E-state index in [4.69, 9.17) is 0 Å². The van der Waals surface area contributed by atoms with Gasteiger partial charge in [-0.1, -0.05) is 54.6 Å². The van der Waals surface area contributed by atoms with Gasteiger partial charge in [-0.05, 0) is 30.5 Å². The number of aromatic nitrogens is 1. The molecule has 1 aromatic heterocycles. The van der Waals surface area contributed by atoms with E-state index in [1.165, 1.54) is 11.1 Å². The first kappa shape index (κ1) is 19.4. The summed E-state index contributed by atoms with van der Waals surface area (Å²) in [5.41, 5.74) is 3.59. The van der Waals surface area contributed by atoms with Crippen molar-refractivity contribution < 1.29 is 0 Å². The first-order chi connectivity index (χ1) is 14.2. The molecule has 5 nitrogen and oxygen atoms in total. The molecule has 0 spiro atoms. The largest absolute Gasteiger partial charge is 0.352 e. The van der Waals surface area contributed by atoms with Crippen molar-refractivity contribution in [3.8, 4) is 0 Å². The van der Waals surface area contributed by atoms with Gasteiger partial charge >= 0.3 is 0 Å². The Labute approximate surface area is 172 Å². The highest BCUT2D eigenvalue weighted by Gasteiger charge is 2.29. The van der Waals surface area contributed by atoms with E-state index in [-0.39, 0.29) is 0 Å². The van der Waals surface area contributed by atoms with E-state index < -0.39 is 0 Å². The van der Waals surface area contributed by atoms with Gasteiger partial charge in [0.15, 0.2) is 5.96 Å². The molecule has 0 radical (unpaired) electrons. The average molecular weight is 388 g/mol. The summed E-state index contributed by atoms with van der Waals surface area (Å²) in [5.74, 6) is 0.844. The van der Waals surface area contributed by atoms with E-state index in [0.29, 0.717) is 18.6 Å². The number of rotatable bonds is 5. The van der Waals surface area contributed by atoms with Crippen LogP contribution in [0.2, 0.25) is 0 Å². The van der Waals surface area contributed by atoms with Gasteiger partial charge in [0.05, 0.1) is 5.52 Å². The molecule has 150 valence electrons. The molecule has 3 aromatic rings. The van der Waals surface area contributed by atoms with E-state index in [1.54, 1.807) is 0 Å². The fraction of sp³-hybridized carbons (Fsp3) is 0.333. The van der Waals surface area contributed by atoms with Crippen molar-refractivity contribution in [3.05, 3.63) is 78.0 Å². The van der Waals surface area contributed by atoms with Crippen molar-refractivity contribution >= 4 is 16.9 Å². The van der Waals surface area contributed by atoms with Crippen molar-refractivity contribution in [2.24, 2.45) is 4.99 Å². The standard InChI is InChI=1S/C24H29N5/c1-18-14-22(17-29(18)16-19-8-4-3-5-9-19)28-24(25-2)27-15-21-11-6-10-20-12-7-13-26-23(20)21/h3-13,18,22H,14-17H2,1-2H3,(H2,25,27,28). The summed E-state index contributed by atoms with van der Waals surface area (Å²) in [6, 6.07) is 22.0. The van der Waals surface area contributed by atoms with Crippen molar-refractivity contribution in [2.75, 3.05) is 13.6 Å². The molecule has 5 heteroatoms. The number of guanidine groups is 1. The van der Waals surface area contributed by atoms with Crippen LogP contribution in [0.3, 0.4) is 0 Å². The summed E-state index contributed by atoms with van der Waals surface area (Å²) in [6.07, 6.45) is 2.96. The number of nitrogens with one attached hydrogen (secondary N) is 2. The number of pyridine rings is 1. The first-order valence-corrected chi connectivity index (χ1v) is 10.3. The Kier molecular flexibility index (Phi) is 6.06. The third kappa shape index (κ3) is 4.74. The van der Waals surface area contributed by atoms with Gasteiger partial charge < -0.3 is 10.6 Å². The van der Waals surface area contributed by atoms with Crippen LogP contribution in [0.15, 0.2) is 71.9 Å². The molecule has 1 aliphatic heterocycles. The maximum absolute atomic E-state index is 4.54. The summed E-state index contributed by atoms with van der Waals surface area (Å²) in [4.78, 5) is 11.5. The van der Waals surface area contributed by atoms with E-state index in [9.17, 15) is 0 Å². The second-order valence-corrected chi connectivity index (χ2v) is 7.76. The zero-order valence-electron chi connectivity index (χ0n) is 17.2. The highest BCUT2D eigenvalue weighted by atomic mass is 15.3. The zero-order valence-corrected chi connectivity index (χ0v) is 17.2. The molecule has 1 aliphatic rings. The van der Waals surface area contributed by atoms with Gasteiger partial charge in [-0.15, -0.1) is 0 Å². The van der Waals surface area contributed by atoms with Gasteiger partial charge in [-0.25, -0.2) is 0 Å². The summed E-state index contributed by atoms with van der Waals surface area (Å²) in [6.45, 7) is 5.02. The van der Waals surface area contributed by atoms with Crippen LogP contribution in [0.5, 0.6) is 0 Å². The lowest BCUT2D eigenvalue weighted by atomic mass is 10.1. The smallest absolute Gasteiger partial charge is 0.191 e. The van der Waals surface area contributed by atoms with Crippen LogP contribution in [0, 0.1) is 0 Å². The SMILES string of the molecule is CN=C(NCc1cccc2cccnc12)NC1CC(C)N(Cc2ccccc2)C1. The molecular weight excluding hydrogens is 358 g/mol. The maximum Gasteiger partial charge on any atom is 0.191 e. The number of fused-ring (bicyclic) bond motifs is 1. The minimum absolute atomic E-state index is 0.394. The van der Waals surface area contributed by atoms with Gasteiger partial charge in [-0.3, -0.25) is 14.9 Å². The Bertz CT molecular complexity index is 964. The molecule has 0 amide bonds. The quantitative estimate of drug-likeness (QED) is 0.519. The fourth-order valence-corrected chi connectivity index (χ4v) is 4.12. The maximum atomic E-state index is 4.54. The number of hydrogen-bond acceptors (Lipinski definition) is 3. The number of nitrogens with zero attached hydrogens (tertiary/aromatic N) is 3. The van der Waals surface area contributed by atoms with Crippen LogP contribution in [-0.2, 0) is 13.1 Å². The van der Waals surface area contributed by atoms with Gasteiger partial charge in [0, 0.05) is 50.3 Å². The summed E-state index contributed by atoms with van der Waals surface area (Å²) in [7, 11) is 1.83. The Morgan fingerprint density at radius 3 is 2.76 bits per heavy atom. The Morgan fingerprint density at radius 2 is 1.93 bits per heavy atom. The molecule has 2 atom stereocenters. The van der Waals surface area contributed by atoms with Crippen LogP contribution in [0.4, 0.5) is 0 Å². The predicted molar refractivity (Wildman–Crippen MR) is 120 cm³/mol. The zero-order chi connectivity index (χ0) is 20.1.